The summed E-state index contributed by atoms with van der Waals surface area (Å²) in [4.78, 5) is 22.5. The molecule has 98 valence electrons. The van der Waals surface area contributed by atoms with E-state index in [9.17, 15) is 14.7 Å². The molecule has 1 heterocycles. The van der Waals surface area contributed by atoms with Crippen molar-refractivity contribution < 1.29 is 19.8 Å². The summed E-state index contributed by atoms with van der Waals surface area (Å²) >= 11 is 6.41. The van der Waals surface area contributed by atoms with Crippen LogP contribution in [0.4, 0.5) is 5.69 Å². The number of phenolic OH excluding ortho intramolecular Hbond substituents is 1. The highest BCUT2D eigenvalue weighted by Crippen LogP contribution is 2.25. The summed E-state index contributed by atoms with van der Waals surface area (Å²) in [6.45, 7) is 0. The molecule has 0 fully saturated rings. The van der Waals surface area contributed by atoms with E-state index in [1.54, 1.807) is 0 Å². The quantitative estimate of drug-likeness (QED) is 0.746. The van der Waals surface area contributed by atoms with Gasteiger partial charge in [-0.05, 0) is 29.8 Å². The standard InChI is InChI=1S/C10H6ClN3O4S/c11-10-14-13-8(19-10)7(16)12-5-3-4(9(17)18)1-2-6(5)15/h1-3,15H,(H,12,16)(H,17,18). The number of carboxylic acid groups (broad SMARTS) is 1. The Bertz CT molecular complexity index is 658. The maximum Gasteiger partial charge on any atom is 0.335 e. The number of rotatable bonds is 3. The molecule has 0 spiro atoms. The van der Waals surface area contributed by atoms with E-state index in [0.717, 1.165) is 17.4 Å². The van der Waals surface area contributed by atoms with Crippen LogP contribution in [0.5, 0.6) is 5.75 Å². The van der Waals surface area contributed by atoms with Gasteiger partial charge < -0.3 is 15.5 Å². The third-order valence-electron chi connectivity index (χ3n) is 2.09. The molecule has 0 atom stereocenters. The Hall–Kier alpha value is -2.19. The van der Waals surface area contributed by atoms with Crippen molar-refractivity contribution in [3.63, 3.8) is 0 Å². The lowest BCUT2D eigenvalue weighted by molar-refractivity contribution is 0.0696. The molecular formula is C10H6ClN3O4S. The molecule has 7 nitrogen and oxygen atoms in total. The summed E-state index contributed by atoms with van der Waals surface area (Å²) in [5.41, 5.74) is -0.0976. The van der Waals surface area contributed by atoms with Gasteiger partial charge in [0.2, 0.25) is 9.47 Å². The van der Waals surface area contributed by atoms with Crippen molar-refractivity contribution in [3.8, 4) is 5.75 Å². The Kier molecular flexibility index (Phi) is 3.63. The molecule has 3 N–H and O–H groups in total. The summed E-state index contributed by atoms with van der Waals surface area (Å²) in [5.74, 6) is -2.06. The molecule has 2 aromatic rings. The molecular weight excluding hydrogens is 294 g/mol. The molecule has 0 radical (unpaired) electrons. The third-order valence-corrected chi connectivity index (χ3v) is 3.10. The summed E-state index contributed by atoms with van der Waals surface area (Å²) in [5, 5.41) is 27.7. The molecule has 0 saturated heterocycles. The molecule has 0 aliphatic rings. The van der Waals surface area contributed by atoms with Crippen molar-refractivity contribution in [2.45, 2.75) is 0 Å². The summed E-state index contributed by atoms with van der Waals surface area (Å²) in [7, 11) is 0. The number of anilines is 1. The van der Waals surface area contributed by atoms with Gasteiger partial charge in [-0.15, -0.1) is 10.2 Å². The molecule has 9 heteroatoms. The van der Waals surface area contributed by atoms with Crippen molar-refractivity contribution in [3.05, 3.63) is 33.2 Å². The van der Waals surface area contributed by atoms with Gasteiger partial charge in [-0.1, -0.05) is 11.3 Å². The molecule has 0 aliphatic carbocycles. The smallest absolute Gasteiger partial charge is 0.335 e. The van der Waals surface area contributed by atoms with Gasteiger partial charge in [-0.3, -0.25) is 4.79 Å². The molecule has 0 aliphatic heterocycles. The predicted octanol–water partition coefficient (Wildman–Crippen LogP) is 1.85. The Morgan fingerprint density at radius 1 is 1.32 bits per heavy atom. The lowest BCUT2D eigenvalue weighted by Crippen LogP contribution is -2.12. The van der Waals surface area contributed by atoms with E-state index in [1.165, 1.54) is 12.1 Å². The van der Waals surface area contributed by atoms with Crippen LogP contribution in [0.25, 0.3) is 0 Å². The van der Waals surface area contributed by atoms with Crippen molar-refractivity contribution in [2.75, 3.05) is 5.32 Å². The highest BCUT2D eigenvalue weighted by Gasteiger charge is 2.15. The van der Waals surface area contributed by atoms with Crippen LogP contribution in [0, 0.1) is 0 Å². The normalized spacial score (nSPS) is 10.2. The number of carbonyl (C=O) groups excluding carboxylic acids is 1. The molecule has 2 rings (SSSR count). The van der Waals surface area contributed by atoms with Crippen molar-refractivity contribution >= 4 is 40.5 Å². The molecule has 0 bridgehead atoms. The van der Waals surface area contributed by atoms with Gasteiger partial charge in [0, 0.05) is 0 Å². The number of benzene rings is 1. The van der Waals surface area contributed by atoms with Crippen LogP contribution in [0.1, 0.15) is 20.2 Å². The number of hydrogen-bond donors (Lipinski definition) is 3. The van der Waals surface area contributed by atoms with Gasteiger partial charge in [0.1, 0.15) is 5.75 Å². The zero-order valence-electron chi connectivity index (χ0n) is 9.12. The van der Waals surface area contributed by atoms with Gasteiger partial charge in [0.25, 0.3) is 5.91 Å². The van der Waals surface area contributed by atoms with Gasteiger partial charge >= 0.3 is 5.97 Å². The van der Waals surface area contributed by atoms with Crippen LogP contribution in [0.15, 0.2) is 18.2 Å². The Labute approximate surface area is 115 Å². The first-order chi connectivity index (χ1) is 8.97. The number of phenols is 1. The van der Waals surface area contributed by atoms with Gasteiger partial charge in [-0.25, -0.2) is 4.79 Å². The molecule has 1 amide bonds. The van der Waals surface area contributed by atoms with E-state index >= 15 is 0 Å². The minimum absolute atomic E-state index is 0.00475. The first kappa shape index (κ1) is 13.2. The molecule has 1 aromatic carbocycles. The predicted molar refractivity (Wildman–Crippen MR) is 67.9 cm³/mol. The number of nitrogens with zero attached hydrogens (tertiary/aromatic N) is 2. The fraction of sp³-hybridized carbons (Fsp3) is 0. The third kappa shape index (κ3) is 2.98. The summed E-state index contributed by atoms with van der Waals surface area (Å²) in [6.07, 6.45) is 0. The number of carboxylic acids is 1. The average Bonchev–Trinajstić information content (AvgIpc) is 2.78. The minimum atomic E-state index is -1.17. The van der Waals surface area contributed by atoms with Gasteiger partial charge in [0.05, 0.1) is 11.3 Å². The van der Waals surface area contributed by atoms with Crippen LogP contribution >= 0.6 is 22.9 Å². The number of aromatic carboxylic acids is 1. The van der Waals surface area contributed by atoms with E-state index in [-0.39, 0.29) is 26.5 Å². The number of halogens is 1. The first-order valence-corrected chi connectivity index (χ1v) is 6.03. The number of hydrogen-bond acceptors (Lipinski definition) is 6. The Morgan fingerprint density at radius 3 is 2.63 bits per heavy atom. The maximum atomic E-state index is 11.7. The number of aromatic hydroxyl groups is 1. The van der Waals surface area contributed by atoms with Crippen LogP contribution in [-0.2, 0) is 0 Å². The van der Waals surface area contributed by atoms with E-state index in [1.807, 2.05) is 0 Å². The molecule has 1 aromatic heterocycles. The van der Waals surface area contributed by atoms with Crippen LogP contribution in [0.3, 0.4) is 0 Å². The zero-order valence-corrected chi connectivity index (χ0v) is 10.7. The van der Waals surface area contributed by atoms with Gasteiger partial charge in [0.15, 0.2) is 0 Å². The van der Waals surface area contributed by atoms with E-state index in [4.69, 9.17) is 16.7 Å². The lowest BCUT2D eigenvalue weighted by Gasteiger charge is -2.06. The van der Waals surface area contributed by atoms with E-state index < -0.39 is 11.9 Å². The average molecular weight is 300 g/mol. The zero-order chi connectivity index (χ0) is 14.0. The van der Waals surface area contributed by atoms with Crippen molar-refractivity contribution in [2.24, 2.45) is 0 Å². The number of nitrogens with one attached hydrogen (secondary N) is 1. The SMILES string of the molecule is O=C(O)c1ccc(O)c(NC(=O)c2nnc(Cl)s2)c1. The number of aromatic nitrogens is 2. The van der Waals surface area contributed by atoms with Gasteiger partial charge in [-0.2, -0.15) is 0 Å². The lowest BCUT2D eigenvalue weighted by atomic mass is 10.2. The molecule has 0 saturated carbocycles. The second kappa shape index (κ2) is 5.21. The van der Waals surface area contributed by atoms with Crippen LogP contribution in [-0.4, -0.2) is 32.3 Å². The fourth-order valence-corrected chi connectivity index (χ4v) is 1.97. The van der Waals surface area contributed by atoms with E-state index in [0.29, 0.717) is 0 Å². The summed E-state index contributed by atoms with van der Waals surface area (Å²) in [6, 6.07) is 3.53. The number of amides is 1. The Morgan fingerprint density at radius 2 is 2.05 bits per heavy atom. The second-order valence-corrected chi connectivity index (χ2v) is 4.91. The number of carbonyl (C=O) groups is 2. The second-order valence-electron chi connectivity index (χ2n) is 3.35. The fourth-order valence-electron chi connectivity index (χ4n) is 1.24. The van der Waals surface area contributed by atoms with Crippen molar-refractivity contribution in [1.29, 1.82) is 0 Å². The van der Waals surface area contributed by atoms with Crippen LogP contribution < -0.4 is 5.32 Å². The highest BCUT2D eigenvalue weighted by atomic mass is 35.5. The van der Waals surface area contributed by atoms with Crippen LogP contribution in [0.2, 0.25) is 4.47 Å². The molecule has 19 heavy (non-hydrogen) atoms. The monoisotopic (exact) mass is 299 g/mol. The summed E-state index contributed by atoms with van der Waals surface area (Å²) < 4.78 is 0.105. The molecule has 0 unspecified atom stereocenters. The maximum absolute atomic E-state index is 11.7. The topological polar surface area (TPSA) is 112 Å². The van der Waals surface area contributed by atoms with E-state index in [2.05, 4.69) is 15.5 Å². The van der Waals surface area contributed by atoms with Crippen molar-refractivity contribution in [1.82, 2.24) is 10.2 Å². The minimum Gasteiger partial charge on any atom is -0.506 e. The largest absolute Gasteiger partial charge is 0.506 e. The first-order valence-electron chi connectivity index (χ1n) is 4.84. The highest BCUT2D eigenvalue weighted by molar-refractivity contribution is 7.17. The Balaban J connectivity index is 2.25.